The van der Waals surface area contributed by atoms with Crippen LogP contribution in [-0.2, 0) is 29.0 Å². The summed E-state index contributed by atoms with van der Waals surface area (Å²) in [6.45, 7) is 10.8. The zero-order valence-corrected chi connectivity index (χ0v) is 23.1. The summed E-state index contributed by atoms with van der Waals surface area (Å²) in [6.07, 6.45) is 4.21. The first-order valence-electron chi connectivity index (χ1n) is 14.1. The predicted octanol–water partition coefficient (Wildman–Crippen LogP) is 4.90. The molecule has 2 amide bonds. The molecule has 0 bridgehead atoms. The number of nitrogens with one attached hydrogen (secondary N) is 1. The van der Waals surface area contributed by atoms with E-state index in [1.807, 2.05) is 43.9 Å². The molecule has 2 heterocycles. The van der Waals surface area contributed by atoms with E-state index in [9.17, 15) is 9.59 Å². The standard InChI is InChI=1S/C31H42N4O3/c1-31(2,3)38-30(37)34-17-14-26(22-34)35(20-23-8-5-4-6-9-23)29(36)18-32-28-11-7-10-25-21-33(16-15-27(25)28)19-24-12-13-24/h4-11,24,26,32H,12-22H2,1-3H3. The average Bonchev–Trinajstić information content (AvgIpc) is 3.56. The van der Waals surface area contributed by atoms with Gasteiger partial charge in [0.2, 0.25) is 5.91 Å². The highest BCUT2D eigenvalue weighted by Gasteiger charge is 2.35. The molecule has 1 saturated heterocycles. The number of rotatable bonds is 8. The van der Waals surface area contributed by atoms with Crippen molar-refractivity contribution >= 4 is 17.7 Å². The quantitative estimate of drug-likeness (QED) is 0.538. The first kappa shape index (κ1) is 26.5. The van der Waals surface area contributed by atoms with Gasteiger partial charge in [-0.1, -0.05) is 42.5 Å². The van der Waals surface area contributed by atoms with E-state index < -0.39 is 5.60 Å². The van der Waals surface area contributed by atoms with Crippen LogP contribution in [-0.4, -0.2) is 71.1 Å². The van der Waals surface area contributed by atoms with Gasteiger partial charge in [-0.2, -0.15) is 0 Å². The van der Waals surface area contributed by atoms with E-state index >= 15 is 0 Å². The number of likely N-dealkylation sites (tertiary alicyclic amines) is 1. The van der Waals surface area contributed by atoms with Crippen LogP contribution in [0.4, 0.5) is 10.5 Å². The van der Waals surface area contributed by atoms with Gasteiger partial charge in [0.25, 0.3) is 0 Å². The SMILES string of the molecule is CC(C)(C)OC(=O)N1CCC(N(Cc2ccccc2)C(=O)CNc2cccc3c2CCN(CC2CC2)C3)C1. The van der Waals surface area contributed by atoms with Crippen LogP contribution in [0.3, 0.4) is 0 Å². The second kappa shape index (κ2) is 11.4. The Hall–Kier alpha value is -3.06. The van der Waals surface area contributed by atoms with E-state index in [0.29, 0.717) is 19.6 Å². The van der Waals surface area contributed by atoms with Gasteiger partial charge in [0.1, 0.15) is 5.60 Å². The minimum Gasteiger partial charge on any atom is -0.444 e. The summed E-state index contributed by atoms with van der Waals surface area (Å²) in [5.41, 5.74) is 4.34. The molecule has 2 aromatic carbocycles. The minimum atomic E-state index is -0.539. The van der Waals surface area contributed by atoms with Crippen molar-refractivity contribution in [2.24, 2.45) is 5.92 Å². The van der Waals surface area contributed by atoms with Gasteiger partial charge in [0.15, 0.2) is 0 Å². The maximum Gasteiger partial charge on any atom is 0.410 e. The summed E-state index contributed by atoms with van der Waals surface area (Å²) in [7, 11) is 0. The van der Waals surface area contributed by atoms with E-state index in [1.165, 1.54) is 30.5 Å². The molecule has 7 heteroatoms. The van der Waals surface area contributed by atoms with E-state index in [4.69, 9.17) is 4.74 Å². The molecule has 3 aliphatic rings. The molecular formula is C31H42N4O3. The van der Waals surface area contributed by atoms with Crippen LogP contribution >= 0.6 is 0 Å². The van der Waals surface area contributed by atoms with Crippen LogP contribution in [0, 0.1) is 5.92 Å². The fraction of sp³-hybridized carbons (Fsp3) is 0.548. The Morgan fingerprint density at radius 3 is 2.55 bits per heavy atom. The lowest BCUT2D eigenvalue weighted by Gasteiger charge is -2.31. The van der Waals surface area contributed by atoms with Gasteiger partial charge >= 0.3 is 6.09 Å². The number of fused-ring (bicyclic) bond motifs is 1. The number of carbonyl (C=O) groups excluding carboxylic acids is 2. The Labute approximate surface area is 227 Å². The van der Waals surface area contributed by atoms with Gasteiger partial charge in [0, 0.05) is 45.0 Å². The molecule has 204 valence electrons. The first-order chi connectivity index (χ1) is 18.2. The fourth-order valence-electron chi connectivity index (χ4n) is 5.62. The number of hydrogen-bond acceptors (Lipinski definition) is 5. The van der Waals surface area contributed by atoms with Crippen molar-refractivity contribution in [1.82, 2.24) is 14.7 Å². The van der Waals surface area contributed by atoms with Crippen LogP contribution in [0.2, 0.25) is 0 Å². The van der Waals surface area contributed by atoms with Crippen LogP contribution < -0.4 is 5.32 Å². The number of nitrogens with zero attached hydrogens (tertiary/aromatic N) is 3. The summed E-state index contributed by atoms with van der Waals surface area (Å²) >= 11 is 0. The van der Waals surface area contributed by atoms with Crippen LogP contribution in [0.15, 0.2) is 48.5 Å². The average molecular weight is 519 g/mol. The summed E-state index contributed by atoms with van der Waals surface area (Å²) in [5.74, 6) is 0.946. The van der Waals surface area contributed by atoms with Crippen molar-refractivity contribution in [3.8, 4) is 0 Å². The van der Waals surface area contributed by atoms with E-state index in [1.54, 1.807) is 4.90 Å². The molecule has 0 aromatic heterocycles. The molecular weight excluding hydrogens is 476 g/mol. The Balaban J connectivity index is 1.25. The Kier molecular flexibility index (Phi) is 7.93. The number of carbonyl (C=O) groups is 2. The molecule has 1 unspecified atom stereocenters. The maximum absolute atomic E-state index is 13.7. The second-order valence-corrected chi connectivity index (χ2v) is 12.1. The number of hydrogen-bond donors (Lipinski definition) is 1. The van der Waals surface area contributed by atoms with Gasteiger partial charge < -0.3 is 19.9 Å². The highest BCUT2D eigenvalue weighted by atomic mass is 16.6. The number of amides is 2. The highest BCUT2D eigenvalue weighted by molar-refractivity contribution is 5.82. The van der Waals surface area contributed by atoms with Crippen LogP contribution in [0.5, 0.6) is 0 Å². The van der Waals surface area contributed by atoms with Crippen LogP contribution in [0.25, 0.3) is 0 Å². The van der Waals surface area contributed by atoms with Crippen molar-refractivity contribution < 1.29 is 14.3 Å². The Bertz CT molecular complexity index is 1130. The molecule has 2 aromatic rings. The van der Waals surface area contributed by atoms with Crippen LogP contribution in [0.1, 0.15) is 56.7 Å². The van der Waals surface area contributed by atoms with Crippen molar-refractivity contribution in [3.05, 3.63) is 65.2 Å². The number of benzene rings is 2. The molecule has 5 rings (SSSR count). The summed E-state index contributed by atoms with van der Waals surface area (Å²) in [6, 6.07) is 16.5. The van der Waals surface area contributed by atoms with Crippen molar-refractivity contribution in [2.45, 2.75) is 71.2 Å². The summed E-state index contributed by atoms with van der Waals surface area (Å²) in [5, 5.41) is 3.48. The van der Waals surface area contributed by atoms with Gasteiger partial charge in [-0.25, -0.2) is 4.79 Å². The molecule has 0 spiro atoms. The zero-order chi connectivity index (χ0) is 26.7. The normalized spacial score (nSPS) is 19.7. The molecule has 1 N–H and O–H groups in total. The summed E-state index contributed by atoms with van der Waals surface area (Å²) in [4.78, 5) is 32.6. The van der Waals surface area contributed by atoms with Crippen molar-refractivity contribution in [3.63, 3.8) is 0 Å². The first-order valence-corrected chi connectivity index (χ1v) is 14.1. The highest BCUT2D eigenvalue weighted by Crippen LogP contribution is 2.33. The molecule has 1 aliphatic carbocycles. The van der Waals surface area contributed by atoms with Crippen molar-refractivity contribution in [2.75, 3.05) is 38.0 Å². The maximum atomic E-state index is 13.7. The van der Waals surface area contributed by atoms with E-state index in [0.717, 1.165) is 43.1 Å². The molecule has 1 atom stereocenters. The molecule has 2 fully saturated rings. The Morgan fingerprint density at radius 2 is 1.82 bits per heavy atom. The van der Waals surface area contributed by atoms with Gasteiger partial charge in [0.05, 0.1) is 12.6 Å². The fourth-order valence-corrected chi connectivity index (χ4v) is 5.62. The molecule has 2 aliphatic heterocycles. The third-order valence-electron chi connectivity index (χ3n) is 7.76. The lowest BCUT2D eigenvalue weighted by molar-refractivity contribution is -0.132. The third kappa shape index (κ3) is 6.87. The smallest absolute Gasteiger partial charge is 0.410 e. The van der Waals surface area contributed by atoms with Gasteiger partial charge in [-0.3, -0.25) is 9.69 Å². The summed E-state index contributed by atoms with van der Waals surface area (Å²) < 4.78 is 5.59. The minimum absolute atomic E-state index is 0.0438. The topological polar surface area (TPSA) is 65.1 Å². The largest absolute Gasteiger partial charge is 0.444 e. The molecule has 1 saturated carbocycles. The van der Waals surface area contributed by atoms with Gasteiger partial charge in [-0.05, 0) is 75.1 Å². The van der Waals surface area contributed by atoms with E-state index in [2.05, 4.69) is 40.5 Å². The monoisotopic (exact) mass is 518 g/mol. The lowest BCUT2D eigenvalue weighted by atomic mass is 9.97. The zero-order valence-electron chi connectivity index (χ0n) is 23.1. The molecule has 0 radical (unpaired) electrons. The van der Waals surface area contributed by atoms with Crippen molar-refractivity contribution in [1.29, 1.82) is 0 Å². The van der Waals surface area contributed by atoms with Gasteiger partial charge in [-0.15, -0.1) is 0 Å². The number of ether oxygens (including phenoxy) is 1. The second-order valence-electron chi connectivity index (χ2n) is 12.1. The lowest BCUT2D eigenvalue weighted by Crippen LogP contribution is -2.45. The number of anilines is 1. The predicted molar refractivity (Wildman–Crippen MR) is 150 cm³/mol. The molecule has 38 heavy (non-hydrogen) atoms. The van der Waals surface area contributed by atoms with E-state index in [-0.39, 0.29) is 24.6 Å². The molecule has 7 nitrogen and oxygen atoms in total. The third-order valence-corrected chi connectivity index (χ3v) is 7.76. The Morgan fingerprint density at radius 1 is 1.03 bits per heavy atom.